The van der Waals surface area contributed by atoms with E-state index in [2.05, 4.69) is 15.6 Å². The van der Waals surface area contributed by atoms with Crippen LogP contribution in [0.2, 0.25) is 5.02 Å². The van der Waals surface area contributed by atoms with Crippen LogP contribution >= 0.6 is 11.6 Å². The summed E-state index contributed by atoms with van der Waals surface area (Å²) in [6, 6.07) is 12.2. The predicted molar refractivity (Wildman–Crippen MR) is 119 cm³/mol. The largest absolute Gasteiger partial charge is 0.457 e. The lowest BCUT2D eigenvalue weighted by Gasteiger charge is -2.12. The minimum Gasteiger partial charge on any atom is -0.457 e. The second-order valence-electron chi connectivity index (χ2n) is 6.08. The average molecular weight is 467 g/mol. The fourth-order valence-corrected chi connectivity index (χ4v) is 2.71. The number of ether oxygens (including phenoxy) is 1. The molecule has 0 aliphatic rings. The first-order valence-corrected chi connectivity index (χ1v) is 10.00. The van der Waals surface area contributed by atoms with E-state index in [1.165, 1.54) is 6.07 Å². The van der Waals surface area contributed by atoms with E-state index in [1.807, 2.05) is 13.8 Å². The third kappa shape index (κ3) is 7.14. The van der Waals surface area contributed by atoms with Gasteiger partial charge in [0.1, 0.15) is 11.5 Å². The van der Waals surface area contributed by atoms with E-state index in [4.69, 9.17) is 22.1 Å². The SMILES string of the molecule is CC.NCc1cc(Oc2ccc(NC(=O)Nc3ccc(Cl)c(C(F)(F)F)c3)cc2)ccn1. The number of pyridine rings is 1. The molecule has 1 aromatic heterocycles. The van der Waals surface area contributed by atoms with Crippen molar-refractivity contribution in [1.29, 1.82) is 0 Å². The zero-order chi connectivity index (χ0) is 23.7. The van der Waals surface area contributed by atoms with Crippen molar-refractivity contribution in [3.05, 3.63) is 77.1 Å². The molecule has 0 aliphatic heterocycles. The monoisotopic (exact) mass is 466 g/mol. The lowest BCUT2D eigenvalue weighted by Crippen LogP contribution is -2.19. The number of amides is 2. The second-order valence-corrected chi connectivity index (χ2v) is 6.49. The van der Waals surface area contributed by atoms with E-state index < -0.39 is 22.8 Å². The molecule has 170 valence electrons. The Morgan fingerprint density at radius 2 is 1.62 bits per heavy atom. The first-order valence-electron chi connectivity index (χ1n) is 9.62. The molecule has 1 heterocycles. The number of halogens is 4. The van der Waals surface area contributed by atoms with Gasteiger partial charge in [0, 0.05) is 30.2 Å². The van der Waals surface area contributed by atoms with Crippen molar-refractivity contribution >= 4 is 29.0 Å². The van der Waals surface area contributed by atoms with E-state index in [9.17, 15) is 18.0 Å². The number of carbonyl (C=O) groups is 1. The van der Waals surface area contributed by atoms with Crippen molar-refractivity contribution in [2.75, 3.05) is 10.6 Å². The number of nitrogens with two attached hydrogens (primary N) is 1. The summed E-state index contributed by atoms with van der Waals surface area (Å²) in [7, 11) is 0. The minimum absolute atomic E-state index is 0.0439. The van der Waals surface area contributed by atoms with E-state index in [0.717, 1.165) is 12.1 Å². The van der Waals surface area contributed by atoms with Gasteiger partial charge in [0.15, 0.2) is 0 Å². The number of hydrogen-bond donors (Lipinski definition) is 3. The van der Waals surface area contributed by atoms with Gasteiger partial charge in [-0.1, -0.05) is 25.4 Å². The summed E-state index contributed by atoms with van der Waals surface area (Å²) in [5, 5.41) is 4.42. The van der Waals surface area contributed by atoms with Gasteiger partial charge in [0.2, 0.25) is 0 Å². The van der Waals surface area contributed by atoms with Gasteiger partial charge in [-0.2, -0.15) is 13.2 Å². The van der Waals surface area contributed by atoms with Crippen molar-refractivity contribution in [2.45, 2.75) is 26.6 Å². The van der Waals surface area contributed by atoms with E-state index in [-0.39, 0.29) is 12.2 Å². The maximum Gasteiger partial charge on any atom is 0.417 e. The van der Waals surface area contributed by atoms with Crippen LogP contribution in [0.3, 0.4) is 0 Å². The summed E-state index contributed by atoms with van der Waals surface area (Å²) in [6.07, 6.45) is -3.04. The van der Waals surface area contributed by atoms with Gasteiger partial charge in [0.05, 0.1) is 16.3 Å². The first-order chi connectivity index (χ1) is 15.2. The molecule has 0 radical (unpaired) electrons. The maximum atomic E-state index is 12.9. The highest BCUT2D eigenvalue weighted by atomic mass is 35.5. The number of alkyl halides is 3. The summed E-state index contributed by atoms with van der Waals surface area (Å²) < 4.78 is 44.4. The summed E-state index contributed by atoms with van der Waals surface area (Å²) >= 11 is 5.57. The Morgan fingerprint density at radius 3 is 2.25 bits per heavy atom. The minimum atomic E-state index is -4.62. The van der Waals surface area contributed by atoms with E-state index >= 15 is 0 Å². The lowest BCUT2D eigenvalue weighted by molar-refractivity contribution is -0.137. The molecule has 4 N–H and O–H groups in total. The van der Waals surface area contributed by atoms with Gasteiger partial charge in [0.25, 0.3) is 0 Å². The molecule has 10 heteroatoms. The molecule has 32 heavy (non-hydrogen) atoms. The number of urea groups is 1. The van der Waals surface area contributed by atoms with Crippen molar-refractivity contribution < 1.29 is 22.7 Å². The summed E-state index contributed by atoms with van der Waals surface area (Å²) in [4.78, 5) is 16.2. The number of carbonyl (C=O) groups excluding carboxylic acids is 1. The standard InChI is InChI=1S/C20H16ClF3N4O2.C2H6/c21-18-6-3-13(10-17(18)20(22,23)24)28-19(29)27-12-1-4-15(5-2-12)30-16-7-8-26-14(9-16)11-25;1-2/h1-10H,11,25H2,(H2,27,28,29);1-2H3. The highest BCUT2D eigenvalue weighted by Gasteiger charge is 2.33. The van der Waals surface area contributed by atoms with Gasteiger partial charge in [-0.05, 0) is 48.5 Å². The number of anilines is 2. The zero-order valence-corrected chi connectivity index (χ0v) is 18.1. The summed E-state index contributed by atoms with van der Waals surface area (Å²) in [6.45, 7) is 4.28. The fourth-order valence-electron chi connectivity index (χ4n) is 2.49. The van der Waals surface area contributed by atoms with Crippen molar-refractivity contribution in [2.24, 2.45) is 5.73 Å². The van der Waals surface area contributed by atoms with Crippen LogP contribution in [-0.2, 0) is 12.7 Å². The molecule has 6 nitrogen and oxygen atoms in total. The molecule has 0 bridgehead atoms. The Morgan fingerprint density at radius 1 is 1.00 bits per heavy atom. The number of hydrogen-bond acceptors (Lipinski definition) is 4. The summed E-state index contributed by atoms with van der Waals surface area (Å²) in [5.41, 5.74) is 5.57. The van der Waals surface area contributed by atoms with Crippen LogP contribution in [0.1, 0.15) is 25.1 Å². The highest BCUT2D eigenvalue weighted by Crippen LogP contribution is 2.36. The van der Waals surface area contributed by atoms with Gasteiger partial charge >= 0.3 is 12.2 Å². The molecular formula is C22H22ClF3N4O2. The van der Waals surface area contributed by atoms with Gasteiger partial charge in [-0.15, -0.1) is 0 Å². The number of benzene rings is 2. The molecule has 0 spiro atoms. The van der Waals surface area contributed by atoms with Crippen LogP contribution < -0.4 is 21.1 Å². The van der Waals surface area contributed by atoms with Gasteiger partial charge in [-0.25, -0.2) is 4.79 Å². The molecule has 0 saturated heterocycles. The van der Waals surface area contributed by atoms with Crippen LogP contribution in [0.4, 0.5) is 29.3 Å². The number of nitrogens with zero attached hydrogens (tertiary/aromatic N) is 1. The van der Waals surface area contributed by atoms with E-state index in [0.29, 0.717) is 22.9 Å². The Kier molecular flexibility index (Phi) is 8.86. The molecule has 3 rings (SSSR count). The number of aromatic nitrogens is 1. The van der Waals surface area contributed by atoms with Crippen LogP contribution in [0, 0.1) is 0 Å². The third-order valence-corrected chi connectivity index (χ3v) is 4.20. The normalized spacial score (nSPS) is 10.6. The lowest BCUT2D eigenvalue weighted by atomic mass is 10.2. The smallest absolute Gasteiger partial charge is 0.417 e. The average Bonchev–Trinajstić information content (AvgIpc) is 2.77. The first kappa shape index (κ1) is 25.0. The molecule has 0 fully saturated rings. The van der Waals surface area contributed by atoms with Crippen molar-refractivity contribution in [3.8, 4) is 11.5 Å². The fraction of sp³-hybridized carbons (Fsp3) is 0.182. The Labute approximate surface area is 188 Å². The van der Waals surface area contributed by atoms with Crippen LogP contribution in [0.15, 0.2) is 60.8 Å². The van der Waals surface area contributed by atoms with Crippen LogP contribution in [-0.4, -0.2) is 11.0 Å². The molecule has 2 aromatic carbocycles. The number of rotatable bonds is 5. The Hall–Kier alpha value is -3.30. The summed E-state index contributed by atoms with van der Waals surface area (Å²) in [5.74, 6) is 1.08. The molecule has 0 unspecified atom stereocenters. The third-order valence-electron chi connectivity index (χ3n) is 3.87. The van der Waals surface area contributed by atoms with Crippen molar-refractivity contribution in [1.82, 2.24) is 4.98 Å². The zero-order valence-electron chi connectivity index (χ0n) is 17.3. The Balaban J connectivity index is 0.00000176. The predicted octanol–water partition coefficient (Wildman–Crippen LogP) is 6.68. The van der Waals surface area contributed by atoms with Crippen LogP contribution in [0.25, 0.3) is 0 Å². The molecule has 0 aliphatic carbocycles. The second kappa shape index (κ2) is 11.4. The highest BCUT2D eigenvalue weighted by molar-refractivity contribution is 6.31. The topological polar surface area (TPSA) is 89.3 Å². The number of nitrogens with one attached hydrogen (secondary N) is 2. The van der Waals surface area contributed by atoms with E-state index in [1.54, 1.807) is 42.6 Å². The Bertz CT molecular complexity index is 1040. The van der Waals surface area contributed by atoms with Gasteiger partial charge in [-0.3, -0.25) is 4.98 Å². The molecule has 3 aromatic rings. The van der Waals surface area contributed by atoms with Crippen LogP contribution in [0.5, 0.6) is 11.5 Å². The molecule has 0 saturated carbocycles. The molecule has 0 atom stereocenters. The molecular weight excluding hydrogens is 445 g/mol. The van der Waals surface area contributed by atoms with Gasteiger partial charge < -0.3 is 21.1 Å². The van der Waals surface area contributed by atoms with Crippen molar-refractivity contribution in [3.63, 3.8) is 0 Å². The quantitative estimate of drug-likeness (QED) is 0.391. The maximum absolute atomic E-state index is 12.9. The molecule has 2 amide bonds.